The number of H-pyrrole nitrogens is 1. The lowest BCUT2D eigenvalue weighted by molar-refractivity contribution is 0.0686. The van der Waals surface area contributed by atoms with Crippen LogP contribution < -0.4 is 0 Å². The monoisotopic (exact) mass is 333 g/mol. The number of aromatic nitrogens is 4. The van der Waals surface area contributed by atoms with Crippen LogP contribution in [0.1, 0.15) is 39.2 Å². The molecule has 1 atom stereocenters. The predicted octanol–water partition coefficient (Wildman–Crippen LogP) is -0.639. The third kappa shape index (κ3) is 2.50. The molecule has 2 aliphatic rings. The van der Waals surface area contributed by atoms with E-state index in [-0.39, 0.29) is 12.5 Å². The zero-order chi connectivity index (χ0) is 16.7. The van der Waals surface area contributed by atoms with E-state index in [1.807, 2.05) is 0 Å². The van der Waals surface area contributed by atoms with Crippen molar-refractivity contribution >= 4 is 5.91 Å². The Balaban J connectivity index is 1.55. The van der Waals surface area contributed by atoms with E-state index in [0.29, 0.717) is 44.2 Å². The fourth-order valence-electron chi connectivity index (χ4n) is 3.16. The van der Waals surface area contributed by atoms with Crippen molar-refractivity contribution in [2.45, 2.75) is 32.2 Å². The number of nitrogens with one attached hydrogen (secondary N) is 1. The van der Waals surface area contributed by atoms with E-state index in [1.54, 1.807) is 15.6 Å². The number of rotatable bonds is 3. The van der Waals surface area contributed by atoms with Gasteiger partial charge in [0.2, 0.25) is 0 Å². The molecule has 3 N–H and O–H groups in total. The van der Waals surface area contributed by atoms with Crippen molar-refractivity contribution in [2.24, 2.45) is 0 Å². The molecule has 9 heteroatoms. The van der Waals surface area contributed by atoms with Gasteiger partial charge in [-0.15, -0.1) is 0 Å². The topological polar surface area (TPSA) is 117 Å². The standard InChI is InChI=1S/C15H19N5O4/c21-7-13(22)12-5-9-6-19(2-3-20(9)18-12)15(23)14-10-8-24-4-1-11(10)16-17-14/h5,13,21-22H,1-4,6-8H2,(H,16,17)/t13-/m0/s1. The van der Waals surface area contributed by atoms with Crippen molar-refractivity contribution in [1.82, 2.24) is 24.9 Å². The van der Waals surface area contributed by atoms with Gasteiger partial charge in [0.25, 0.3) is 5.91 Å². The molecule has 0 radical (unpaired) electrons. The van der Waals surface area contributed by atoms with Crippen molar-refractivity contribution in [1.29, 1.82) is 0 Å². The Labute approximate surface area is 137 Å². The Kier molecular flexibility index (Phi) is 3.83. The summed E-state index contributed by atoms with van der Waals surface area (Å²) in [6.45, 7) is 2.13. The minimum Gasteiger partial charge on any atom is -0.393 e. The third-order valence-corrected chi connectivity index (χ3v) is 4.52. The van der Waals surface area contributed by atoms with Crippen LogP contribution in [-0.4, -0.2) is 60.8 Å². The first kappa shape index (κ1) is 15.3. The minimum atomic E-state index is -0.997. The smallest absolute Gasteiger partial charge is 0.275 e. The number of fused-ring (bicyclic) bond motifs is 2. The summed E-state index contributed by atoms with van der Waals surface area (Å²) in [7, 11) is 0. The van der Waals surface area contributed by atoms with Gasteiger partial charge >= 0.3 is 0 Å². The molecule has 0 fully saturated rings. The molecule has 0 saturated heterocycles. The fraction of sp³-hybridized carbons (Fsp3) is 0.533. The highest BCUT2D eigenvalue weighted by Crippen LogP contribution is 2.23. The van der Waals surface area contributed by atoms with E-state index in [9.17, 15) is 9.90 Å². The van der Waals surface area contributed by atoms with E-state index in [0.717, 1.165) is 23.4 Å². The Morgan fingerprint density at radius 2 is 2.33 bits per heavy atom. The van der Waals surface area contributed by atoms with Crippen molar-refractivity contribution in [3.8, 4) is 0 Å². The van der Waals surface area contributed by atoms with Gasteiger partial charge in [-0.3, -0.25) is 14.6 Å². The quantitative estimate of drug-likeness (QED) is 0.688. The van der Waals surface area contributed by atoms with Crippen LogP contribution in [0, 0.1) is 0 Å². The van der Waals surface area contributed by atoms with Gasteiger partial charge in [0.15, 0.2) is 5.69 Å². The van der Waals surface area contributed by atoms with Crippen molar-refractivity contribution in [3.63, 3.8) is 0 Å². The molecule has 0 spiro atoms. The van der Waals surface area contributed by atoms with Gasteiger partial charge in [0.1, 0.15) is 6.10 Å². The van der Waals surface area contributed by atoms with Crippen LogP contribution in [0.2, 0.25) is 0 Å². The van der Waals surface area contributed by atoms with E-state index in [2.05, 4.69) is 15.3 Å². The van der Waals surface area contributed by atoms with Crippen molar-refractivity contribution < 1.29 is 19.7 Å². The van der Waals surface area contributed by atoms with Crippen molar-refractivity contribution in [2.75, 3.05) is 19.8 Å². The zero-order valence-electron chi connectivity index (χ0n) is 13.1. The lowest BCUT2D eigenvalue weighted by Gasteiger charge is -2.27. The Morgan fingerprint density at radius 3 is 3.17 bits per heavy atom. The summed E-state index contributed by atoms with van der Waals surface area (Å²) < 4.78 is 7.20. The maximum absolute atomic E-state index is 12.8. The zero-order valence-corrected chi connectivity index (χ0v) is 13.1. The molecule has 0 aromatic carbocycles. The van der Waals surface area contributed by atoms with E-state index < -0.39 is 6.10 Å². The van der Waals surface area contributed by atoms with E-state index >= 15 is 0 Å². The second kappa shape index (κ2) is 6.00. The second-order valence-corrected chi connectivity index (χ2v) is 6.04. The molecule has 0 aliphatic carbocycles. The predicted molar refractivity (Wildman–Crippen MR) is 81.0 cm³/mol. The Bertz CT molecular complexity index is 768. The van der Waals surface area contributed by atoms with Crippen molar-refractivity contribution in [3.05, 3.63) is 34.4 Å². The average Bonchev–Trinajstić information content (AvgIpc) is 3.23. The molecular weight excluding hydrogens is 314 g/mol. The summed E-state index contributed by atoms with van der Waals surface area (Å²) in [5.41, 5.74) is 3.50. The number of carbonyl (C=O) groups excluding carboxylic acids is 1. The highest BCUT2D eigenvalue weighted by Gasteiger charge is 2.29. The first-order chi connectivity index (χ1) is 11.7. The van der Waals surface area contributed by atoms with Crippen LogP contribution >= 0.6 is 0 Å². The van der Waals surface area contributed by atoms with Gasteiger partial charge < -0.3 is 19.8 Å². The number of carbonyl (C=O) groups is 1. The summed E-state index contributed by atoms with van der Waals surface area (Å²) in [6, 6.07) is 1.73. The summed E-state index contributed by atoms with van der Waals surface area (Å²) >= 11 is 0. The molecule has 24 heavy (non-hydrogen) atoms. The minimum absolute atomic E-state index is 0.130. The molecule has 0 bridgehead atoms. The number of aromatic amines is 1. The number of amides is 1. The van der Waals surface area contributed by atoms with Crippen LogP contribution in [0.4, 0.5) is 0 Å². The SMILES string of the molecule is O=C(c1n[nH]c2c1COCC2)N1CCn2nc([C@@H](O)CO)cc2C1. The molecule has 1 amide bonds. The first-order valence-electron chi connectivity index (χ1n) is 7.96. The van der Waals surface area contributed by atoms with Gasteiger partial charge in [0, 0.05) is 24.2 Å². The largest absolute Gasteiger partial charge is 0.393 e. The fourth-order valence-corrected chi connectivity index (χ4v) is 3.16. The molecule has 9 nitrogen and oxygen atoms in total. The lowest BCUT2D eigenvalue weighted by Crippen LogP contribution is -2.39. The third-order valence-electron chi connectivity index (χ3n) is 4.52. The lowest BCUT2D eigenvalue weighted by atomic mass is 10.1. The molecule has 2 aromatic rings. The summed E-state index contributed by atoms with van der Waals surface area (Å²) in [6.07, 6.45) is -0.257. The maximum Gasteiger partial charge on any atom is 0.275 e. The number of hydrogen-bond donors (Lipinski definition) is 3. The molecule has 4 heterocycles. The van der Waals surface area contributed by atoms with Crippen LogP contribution in [0.5, 0.6) is 0 Å². The highest BCUT2D eigenvalue weighted by molar-refractivity contribution is 5.94. The van der Waals surface area contributed by atoms with Gasteiger partial charge in [0.05, 0.1) is 44.3 Å². The van der Waals surface area contributed by atoms with Gasteiger partial charge in [-0.2, -0.15) is 10.2 Å². The Hall–Kier alpha value is -2.23. The van der Waals surface area contributed by atoms with Gasteiger partial charge in [-0.25, -0.2) is 0 Å². The number of aliphatic hydroxyl groups excluding tert-OH is 2. The molecule has 0 saturated carbocycles. The van der Waals surface area contributed by atoms with Crippen LogP contribution in [0.15, 0.2) is 6.07 Å². The molecule has 128 valence electrons. The average molecular weight is 333 g/mol. The number of ether oxygens (including phenoxy) is 1. The summed E-state index contributed by atoms with van der Waals surface area (Å²) in [4.78, 5) is 14.5. The highest BCUT2D eigenvalue weighted by atomic mass is 16.5. The van der Waals surface area contributed by atoms with Crippen LogP contribution in [0.25, 0.3) is 0 Å². The normalized spacial score (nSPS) is 18.2. The van der Waals surface area contributed by atoms with Gasteiger partial charge in [-0.05, 0) is 6.07 Å². The van der Waals surface area contributed by atoms with Crippen LogP contribution in [-0.2, 0) is 30.9 Å². The number of hydrogen-bond acceptors (Lipinski definition) is 6. The number of nitrogens with zero attached hydrogens (tertiary/aromatic N) is 4. The summed E-state index contributed by atoms with van der Waals surface area (Å²) in [5.74, 6) is -0.130. The second-order valence-electron chi connectivity index (χ2n) is 6.04. The Morgan fingerprint density at radius 1 is 1.46 bits per heavy atom. The molecule has 4 rings (SSSR count). The molecular formula is C15H19N5O4. The first-order valence-corrected chi connectivity index (χ1v) is 7.96. The van der Waals surface area contributed by atoms with Crippen LogP contribution in [0.3, 0.4) is 0 Å². The molecule has 2 aromatic heterocycles. The van der Waals surface area contributed by atoms with Gasteiger partial charge in [-0.1, -0.05) is 0 Å². The summed E-state index contributed by atoms with van der Waals surface area (Å²) in [5, 5.41) is 30.1. The van der Waals surface area contributed by atoms with E-state index in [1.165, 1.54) is 0 Å². The molecule has 2 aliphatic heterocycles. The number of aliphatic hydroxyl groups is 2. The molecule has 0 unspecified atom stereocenters. The van der Waals surface area contributed by atoms with E-state index in [4.69, 9.17) is 9.84 Å². The maximum atomic E-state index is 12.8.